The van der Waals surface area contributed by atoms with Crippen molar-refractivity contribution in [1.29, 1.82) is 0 Å². The van der Waals surface area contributed by atoms with E-state index < -0.39 is 10.8 Å². The number of rotatable bonds is 3. The first-order chi connectivity index (χ1) is 10.1. The van der Waals surface area contributed by atoms with Gasteiger partial charge in [-0.2, -0.15) is 0 Å². The van der Waals surface area contributed by atoms with Gasteiger partial charge in [-0.3, -0.25) is 24.4 Å². The molecule has 0 aromatic heterocycles. The topological polar surface area (TPSA) is 89.3 Å². The van der Waals surface area contributed by atoms with E-state index in [1.807, 2.05) is 0 Å². The lowest BCUT2D eigenvalue weighted by Gasteiger charge is -2.03. The van der Waals surface area contributed by atoms with Crippen LogP contribution in [0.3, 0.4) is 0 Å². The number of nitrogens with zero attached hydrogens (tertiary/aromatic N) is 1. The van der Waals surface area contributed by atoms with E-state index in [0.717, 1.165) is 0 Å². The Kier molecular flexibility index (Phi) is 4.68. The SMILES string of the molecule is O=C(NSC(=O)c1ccccc1)c1ccc([N+](=O)[O-])cc1. The Labute approximate surface area is 124 Å². The minimum atomic E-state index is -0.546. The van der Waals surface area contributed by atoms with E-state index >= 15 is 0 Å². The summed E-state index contributed by atoms with van der Waals surface area (Å²) in [6.45, 7) is 0. The average Bonchev–Trinajstić information content (AvgIpc) is 2.53. The molecule has 0 fully saturated rings. The van der Waals surface area contributed by atoms with Gasteiger partial charge in [-0.15, -0.1) is 0 Å². The van der Waals surface area contributed by atoms with Gasteiger partial charge in [0, 0.05) is 35.2 Å². The summed E-state index contributed by atoms with van der Waals surface area (Å²) in [6.07, 6.45) is 0. The fourth-order valence-electron chi connectivity index (χ4n) is 1.52. The Hall–Kier alpha value is -2.67. The van der Waals surface area contributed by atoms with E-state index in [2.05, 4.69) is 4.72 Å². The number of non-ortho nitro benzene ring substituents is 1. The minimum Gasteiger partial charge on any atom is -0.289 e. The second-order valence-electron chi connectivity index (χ2n) is 3.99. The van der Waals surface area contributed by atoms with Gasteiger partial charge in [0.15, 0.2) is 0 Å². The van der Waals surface area contributed by atoms with Gasteiger partial charge < -0.3 is 0 Å². The number of carbonyl (C=O) groups is 2. The average molecular weight is 302 g/mol. The van der Waals surface area contributed by atoms with Crippen molar-refractivity contribution < 1.29 is 14.5 Å². The van der Waals surface area contributed by atoms with Crippen LogP contribution in [0.2, 0.25) is 0 Å². The summed E-state index contributed by atoms with van der Waals surface area (Å²) >= 11 is 0.671. The van der Waals surface area contributed by atoms with Crippen LogP contribution in [0.15, 0.2) is 54.6 Å². The summed E-state index contributed by atoms with van der Waals surface area (Å²) < 4.78 is 2.40. The predicted octanol–water partition coefficient (Wildman–Crippen LogP) is 2.81. The third kappa shape index (κ3) is 3.90. The lowest BCUT2D eigenvalue weighted by Crippen LogP contribution is -2.18. The highest BCUT2D eigenvalue weighted by atomic mass is 32.2. The van der Waals surface area contributed by atoms with Crippen molar-refractivity contribution in [2.45, 2.75) is 0 Å². The number of hydrogen-bond acceptors (Lipinski definition) is 5. The maximum Gasteiger partial charge on any atom is 0.269 e. The molecule has 0 saturated carbocycles. The molecule has 2 rings (SSSR count). The van der Waals surface area contributed by atoms with E-state index in [1.54, 1.807) is 30.3 Å². The molecule has 1 N–H and O–H groups in total. The van der Waals surface area contributed by atoms with Crippen molar-refractivity contribution in [2.24, 2.45) is 0 Å². The number of carbonyl (C=O) groups excluding carboxylic acids is 2. The van der Waals surface area contributed by atoms with Gasteiger partial charge in [-0.25, -0.2) is 0 Å². The van der Waals surface area contributed by atoms with Crippen LogP contribution >= 0.6 is 11.9 Å². The number of amides is 1. The minimum absolute atomic E-state index is 0.0976. The quantitative estimate of drug-likeness (QED) is 0.535. The van der Waals surface area contributed by atoms with E-state index in [9.17, 15) is 19.7 Å². The van der Waals surface area contributed by atoms with Crippen LogP contribution in [0, 0.1) is 10.1 Å². The number of hydrogen-bond donors (Lipinski definition) is 1. The largest absolute Gasteiger partial charge is 0.289 e. The standard InChI is InChI=1S/C14H10N2O4S/c17-13(10-6-8-12(9-7-10)16(19)20)15-21-14(18)11-4-2-1-3-5-11/h1-9H,(H,15,17). The fourth-order valence-corrected chi connectivity index (χ4v) is 2.08. The maximum absolute atomic E-state index is 11.8. The first-order valence-corrected chi connectivity index (χ1v) is 6.70. The van der Waals surface area contributed by atoms with Crippen molar-refractivity contribution in [3.05, 3.63) is 75.8 Å². The van der Waals surface area contributed by atoms with Gasteiger partial charge in [-0.05, 0) is 12.1 Å². The van der Waals surface area contributed by atoms with Crippen molar-refractivity contribution >= 4 is 28.7 Å². The van der Waals surface area contributed by atoms with Crippen molar-refractivity contribution in [3.8, 4) is 0 Å². The Morgan fingerprint density at radius 3 is 2.14 bits per heavy atom. The Morgan fingerprint density at radius 1 is 0.952 bits per heavy atom. The molecule has 7 heteroatoms. The fraction of sp³-hybridized carbons (Fsp3) is 0. The zero-order chi connectivity index (χ0) is 15.2. The molecular formula is C14H10N2O4S. The van der Waals surface area contributed by atoms with Crippen LogP contribution in [-0.4, -0.2) is 15.9 Å². The Morgan fingerprint density at radius 2 is 1.57 bits per heavy atom. The van der Waals surface area contributed by atoms with Crippen molar-refractivity contribution in [3.63, 3.8) is 0 Å². The molecule has 21 heavy (non-hydrogen) atoms. The molecule has 0 unspecified atom stereocenters. The molecule has 0 saturated heterocycles. The number of nitro groups is 1. The van der Waals surface area contributed by atoms with E-state index in [0.29, 0.717) is 17.5 Å². The Bertz CT molecular complexity index is 671. The van der Waals surface area contributed by atoms with Crippen molar-refractivity contribution in [1.82, 2.24) is 4.72 Å². The Balaban J connectivity index is 1.96. The van der Waals surface area contributed by atoms with Gasteiger partial charge in [0.25, 0.3) is 11.6 Å². The molecule has 0 aliphatic heterocycles. The molecule has 2 aromatic carbocycles. The van der Waals surface area contributed by atoms with Gasteiger partial charge >= 0.3 is 0 Å². The molecule has 0 bridgehead atoms. The molecule has 106 valence electrons. The second-order valence-corrected chi connectivity index (χ2v) is 4.77. The molecule has 0 aliphatic carbocycles. The first-order valence-electron chi connectivity index (χ1n) is 5.89. The van der Waals surface area contributed by atoms with Gasteiger partial charge in [0.2, 0.25) is 5.12 Å². The van der Waals surface area contributed by atoms with Crippen LogP contribution in [0.4, 0.5) is 5.69 Å². The highest BCUT2D eigenvalue weighted by Crippen LogP contribution is 2.14. The zero-order valence-electron chi connectivity index (χ0n) is 10.7. The molecule has 1 amide bonds. The molecule has 0 atom stereocenters. The van der Waals surface area contributed by atoms with Gasteiger partial charge in [0.05, 0.1) is 4.92 Å². The summed E-state index contributed by atoms with van der Waals surface area (Å²) in [5.74, 6) is -0.487. The van der Waals surface area contributed by atoms with Crippen LogP contribution in [0.25, 0.3) is 0 Å². The lowest BCUT2D eigenvalue weighted by molar-refractivity contribution is -0.384. The zero-order valence-corrected chi connectivity index (χ0v) is 11.5. The smallest absolute Gasteiger partial charge is 0.269 e. The van der Waals surface area contributed by atoms with E-state index in [4.69, 9.17) is 0 Å². The van der Waals surface area contributed by atoms with E-state index in [1.165, 1.54) is 24.3 Å². The molecular weight excluding hydrogens is 292 g/mol. The molecule has 6 nitrogen and oxygen atoms in total. The number of nitrogens with one attached hydrogen (secondary N) is 1. The molecule has 0 spiro atoms. The molecule has 2 aromatic rings. The lowest BCUT2D eigenvalue weighted by atomic mass is 10.2. The molecule has 0 aliphatic rings. The predicted molar refractivity (Wildman–Crippen MR) is 78.9 cm³/mol. The normalized spacial score (nSPS) is 9.90. The van der Waals surface area contributed by atoms with E-state index in [-0.39, 0.29) is 16.4 Å². The highest BCUT2D eigenvalue weighted by molar-refractivity contribution is 8.12. The summed E-state index contributed by atoms with van der Waals surface area (Å²) in [6, 6.07) is 13.7. The van der Waals surface area contributed by atoms with Gasteiger partial charge in [0.1, 0.15) is 0 Å². The van der Waals surface area contributed by atoms with Crippen LogP contribution < -0.4 is 4.72 Å². The summed E-state index contributed by atoms with van der Waals surface area (Å²) in [7, 11) is 0. The summed E-state index contributed by atoms with van der Waals surface area (Å²) in [5.41, 5.74) is 0.625. The highest BCUT2D eigenvalue weighted by Gasteiger charge is 2.12. The van der Waals surface area contributed by atoms with Crippen LogP contribution in [0.1, 0.15) is 20.7 Å². The van der Waals surface area contributed by atoms with Crippen LogP contribution in [-0.2, 0) is 0 Å². The number of nitro benzene ring substituents is 1. The maximum atomic E-state index is 11.8. The molecule has 0 radical (unpaired) electrons. The number of benzene rings is 2. The molecule has 0 heterocycles. The van der Waals surface area contributed by atoms with Crippen LogP contribution in [0.5, 0.6) is 0 Å². The summed E-state index contributed by atoms with van der Waals surface area (Å²) in [5, 5.41) is 10.2. The second kappa shape index (κ2) is 6.67. The summed E-state index contributed by atoms with van der Waals surface area (Å²) in [4.78, 5) is 33.6. The third-order valence-corrected chi connectivity index (χ3v) is 3.29. The van der Waals surface area contributed by atoms with Gasteiger partial charge in [-0.1, -0.05) is 30.3 Å². The monoisotopic (exact) mass is 302 g/mol. The first kappa shape index (κ1) is 14.7. The van der Waals surface area contributed by atoms with Crippen molar-refractivity contribution in [2.75, 3.05) is 0 Å². The third-order valence-electron chi connectivity index (χ3n) is 2.59.